The summed E-state index contributed by atoms with van der Waals surface area (Å²) in [7, 11) is 1.81. The molecule has 30 heavy (non-hydrogen) atoms. The molecule has 0 atom stereocenters. The van der Waals surface area contributed by atoms with Crippen LogP contribution in [0.4, 0.5) is 4.39 Å². The molecule has 1 aliphatic rings. The van der Waals surface area contributed by atoms with Gasteiger partial charge in [-0.2, -0.15) is 4.98 Å². The molecule has 0 aliphatic heterocycles. The minimum atomic E-state index is -0.356. The molecule has 5 rings (SSSR count). The number of nitrogens with zero attached hydrogens (tertiary/aromatic N) is 7. The van der Waals surface area contributed by atoms with Crippen LogP contribution in [0.2, 0.25) is 0 Å². The molecule has 0 N–H and O–H groups in total. The minimum absolute atomic E-state index is 0.256. The SMILES string of the molecule is Cc1nnc(-c2ccccc2F)c2nc(OCc3cn(C)nn3)c(C3CCCC3)n12. The van der Waals surface area contributed by atoms with Gasteiger partial charge in [-0.05, 0) is 31.9 Å². The van der Waals surface area contributed by atoms with Crippen molar-refractivity contribution in [1.29, 1.82) is 0 Å². The maximum absolute atomic E-state index is 14.5. The Bertz CT molecular complexity index is 1210. The average molecular weight is 407 g/mol. The normalized spacial score (nSPS) is 14.6. The van der Waals surface area contributed by atoms with Gasteiger partial charge in [0.25, 0.3) is 0 Å². The van der Waals surface area contributed by atoms with Gasteiger partial charge in [0.15, 0.2) is 5.65 Å². The number of aromatic nitrogens is 7. The van der Waals surface area contributed by atoms with Crippen molar-refractivity contribution < 1.29 is 9.13 Å². The molecule has 154 valence electrons. The predicted molar refractivity (Wildman–Crippen MR) is 107 cm³/mol. The second-order valence-electron chi connectivity index (χ2n) is 7.69. The summed E-state index contributed by atoms with van der Waals surface area (Å²) in [6.07, 6.45) is 6.26. The summed E-state index contributed by atoms with van der Waals surface area (Å²) in [4.78, 5) is 4.77. The van der Waals surface area contributed by atoms with Crippen molar-refractivity contribution in [2.45, 2.75) is 45.1 Å². The molecule has 8 nitrogen and oxygen atoms in total. The number of rotatable bonds is 5. The van der Waals surface area contributed by atoms with Crippen LogP contribution in [0.25, 0.3) is 16.9 Å². The van der Waals surface area contributed by atoms with Crippen LogP contribution in [-0.2, 0) is 13.7 Å². The van der Waals surface area contributed by atoms with E-state index in [-0.39, 0.29) is 12.4 Å². The third-order valence-electron chi connectivity index (χ3n) is 5.59. The number of aryl methyl sites for hydroxylation is 2. The third-order valence-corrected chi connectivity index (χ3v) is 5.59. The monoisotopic (exact) mass is 407 g/mol. The fourth-order valence-electron chi connectivity index (χ4n) is 4.21. The van der Waals surface area contributed by atoms with E-state index in [0.29, 0.717) is 40.2 Å². The number of fused-ring (bicyclic) bond motifs is 1. The van der Waals surface area contributed by atoms with Gasteiger partial charge in [0.2, 0.25) is 5.88 Å². The molecule has 3 aromatic heterocycles. The molecule has 0 unspecified atom stereocenters. The highest BCUT2D eigenvalue weighted by atomic mass is 19.1. The van der Waals surface area contributed by atoms with Crippen molar-refractivity contribution in [3.8, 4) is 17.1 Å². The number of hydrogen-bond donors (Lipinski definition) is 0. The molecule has 0 saturated heterocycles. The summed E-state index contributed by atoms with van der Waals surface area (Å²) >= 11 is 0. The number of imidazole rings is 1. The van der Waals surface area contributed by atoms with Crippen LogP contribution in [0, 0.1) is 12.7 Å². The van der Waals surface area contributed by atoms with Crippen molar-refractivity contribution in [2.24, 2.45) is 7.05 Å². The molecule has 0 amide bonds. The number of hydrogen-bond acceptors (Lipinski definition) is 6. The number of benzene rings is 1. The molecule has 9 heteroatoms. The van der Waals surface area contributed by atoms with Crippen molar-refractivity contribution >= 4 is 5.65 Å². The first kappa shape index (κ1) is 18.7. The fourth-order valence-corrected chi connectivity index (χ4v) is 4.21. The summed E-state index contributed by atoms with van der Waals surface area (Å²) in [6, 6.07) is 6.55. The highest BCUT2D eigenvalue weighted by Crippen LogP contribution is 2.40. The lowest BCUT2D eigenvalue weighted by atomic mass is 10.0. The first-order valence-electron chi connectivity index (χ1n) is 10.1. The zero-order valence-corrected chi connectivity index (χ0v) is 16.9. The smallest absolute Gasteiger partial charge is 0.236 e. The van der Waals surface area contributed by atoms with Gasteiger partial charge in [-0.1, -0.05) is 30.2 Å². The van der Waals surface area contributed by atoms with Crippen molar-refractivity contribution in [1.82, 2.24) is 34.6 Å². The van der Waals surface area contributed by atoms with Gasteiger partial charge in [0.1, 0.15) is 29.6 Å². The van der Waals surface area contributed by atoms with E-state index < -0.39 is 0 Å². The van der Waals surface area contributed by atoms with Gasteiger partial charge in [-0.25, -0.2) is 4.39 Å². The Morgan fingerprint density at radius 3 is 2.67 bits per heavy atom. The van der Waals surface area contributed by atoms with E-state index in [2.05, 4.69) is 20.5 Å². The Morgan fingerprint density at radius 1 is 1.13 bits per heavy atom. The molecular weight excluding hydrogens is 385 g/mol. The van der Waals surface area contributed by atoms with Crippen LogP contribution in [-0.4, -0.2) is 34.6 Å². The zero-order valence-electron chi connectivity index (χ0n) is 16.9. The van der Waals surface area contributed by atoms with Gasteiger partial charge in [0.05, 0.1) is 11.9 Å². The van der Waals surface area contributed by atoms with Crippen LogP contribution in [0.15, 0.2) is 30.5 Å². The quantitative estimate of drug-likeness (QED) is 0.503. The summed E-state index contributed by atoms with van der Waals surface area (Å²) < 4.78 is 24.3. The lowest BCUT2D eigenvalue weighted by Crippen LogP contribution is -2.08. The van der Waals surface area contributed by atoms with E-state index in [4.69, 9.17) is 9.72 Å². The highest BCUT2D eigenvalue weighted by Gasteiger charge is 2.29. The second-order valence-corrected chi connectivity index (χ2v) is 7.69. The summed E-state index contributed by atoms with van der Waals surface area (Å²) in [5.41, 5.74) is 3.04. The Kier molecular flexibility index (Phi) is 4.65. The maximum atomic E-state index is 14.5. The molecule has 1 saturated carbocycles. The molecular formula is C21H22FN7O. The Labute approximate surface area is 172 Å². The molecule has 4 aromatic rings. The molecule has 0 spiro atoms. The van der Waals surface area contributed by atoms with Crippen LogP contribution >= 0.6 is 0 Å². The van der Waals surface area contributed by atoms with E-state index in [1.807, 2.05) is 24.6 Å². The maximum Gasteiger partial charge on any atom is 0.236 e. The van der Waals surface area contributed by atoms with E-state index in [1.54, 1.807) is 22.9 Å². The molecule has 1 fully saturated rings. The van der Waals surface area contributed by atoms with E-state index in [9.17, 15) is 4.39 Å². The summed E-state index contributed by atoms with van der Waals surface area (Å²) in [6.45, 7) is 2.14. The lowest BCUT2D eigenvalue weighted by Gasteiger charge is -2.13. The first-order chi connectivity index (χ1) is 14.6. The fraction of sp³-hybridized carbons (Fsp3) is 0.381. The Morgan fingerprint density at radius 2 is 1.93 bits per heavy atom. The van der Waals surface area contributed by atoms with Crippen LogP contribution < -0.4 is 4.74 Å². The predicted octanol–water partition coefficient (Wildman–Crippen LogP) is 3.60. The third kappa shape index (κ3) is 3.20. The van der Waals surface area contributed by atoms with Gasteiger partial charge in [-0.15, -0.1) is 15.3 Å². The topological polar surface area (TPSA) is 83.0 Å². The molecule has 0 radical (unpaired) electrons. The van der Waals surface area contributed by atoms with E-state index in [0.717, 1.165) is 18.5 Å². The minimum Gasteiger partial charge on any atom is -0.470 e. The Hall–Kier alpha value is -3.36. The van der Waals surface area contributed by atoms with Crippen LogP contribution in [0.3, 0.4) is 0 Å². The van der Waals surface area contributed by atoms with Crippen molar-refractivity contribution in [3.63, 3.8) is 0 Å². The van der Waals surface area contributed by atoms with Gasteiger partial charge >= 0.3 is 0 Å². The molecule has 3 heterocycles. The largest absolute Gasteiger partial charge is 0.470 e. The lowest BCUT2D eigenvalue weighted by molar-refractivity contribution is 0.285. The molecule has 0 bridgehead atoms. The number of halogens is 1. The van der Waals surface area contributed by atoms with Crippen molar-refractivity contribution in [3.05, 3.63) is 53.5 Å². The standard InChI is InChI=1S/C21H22FN7O/c1-13-24-26-18(16-9-5-6-10-17(16)22)20-23-21(30-12-15-11-28(2)27-25-15)19(29(13)20)14-7-3-4-8-14/h5-6,9-11,14H,3-4,7-8,12H2,1-2H3. The molecule has 1 aromatic carbocycles. The van der Waals surface area contributed by atoms with Crippen LogP contribution in [0.1, 0.15) is 48.8 Å². The summed E-state index contributed by atoms with van der Waals surface area (Å²) in [5, 5.41) is 16.6. The van der Waals surface area contributed by atoms with Crippen molar-refractivity contribution in [2.75, 3.05) is 0 Å². The average Bonchev–Trinajstić information content (AvgIpc) is 3.47. The van der Waals surface area contributed by atoms with E-state index in [1.165, 1.54) is 18.9 Å². The van der Waals surface area contributed by atoms with Gasteiger partial charge < -0.3 is 4.74 Å². The van der Waals surface area contributed by atoms with E-state index >= 15 is 0 Å². The summed E-state index contributed by atoms with van der Waals surface area (Å²) in [5.74, 6) is 1.19. The van der Waals surface area contributed by atoms with Crippen LogP contribution in [0.5, 0.6) is 5.88 Å². The van der Waals surface area contributed by atoms with Gasteiger partial charge in [0, 0.05) is 18.5 Å². The first-order valence-corrected chi connectivity index (χ1v) is 10.1. The molecule has 1 aliphatic carbocycles. The number of ether oxygens (including phenoxy) is 1. The van der Waals surface area contributed by atoms with Gasteiger partial charge in [-0.3, -0.25) is 9.08 Å². The zero-order chi connectivity index (χ0) is 20.7. The second kappa shape index (κ2) is 7.47. The Balaban J connectivity index is 1.66. The highest BCUT2D eigenvalue weighted by molar-refractivity contribution is 5.75.